The first-order valence-electron chi connectivity index (χ1n) is 9.46. The van der Waals surface area contributed by atoms with Crippen LogP contribution in [0.1, 0.15) is 37.1 Å². The monoisotopic (exact) mass is 413 g/mol. The van der Waals surface area contributed by atoms with Gasteiger partial charge in [-0.15, -0.1) is 0 Å². The molecule has 2 atom stereocenters. The third-order valence-corrected chi connectivity index (χ3v) is 4.95. The van der Waals surface area contributed by atoms with Crippen molar-refractivity contribution in [1.29, 1.82) is 5.26 Å². The van der Waals surface area contributed by atoms with Crippen LogP contribution >= 0.6 is 0 Å². The van der Waals surface area contributed by atoms with E-state index < -0.39 is 11.6 Å². The Bertz CT molecular complexity index is 1130. The second kappa shape index (κ2) is 9.46. The van der Waals surface area contributed by atoms with Gasteiger partial charge in [0.05, 0.1) is 30.7 Å². The second-order valence-corrected chi connectivity index (χ2v) is 6.96. The Hall–Kier alpha value is -3.31. The summed E-state index contributed by atoms with van der Waals surface area (Å²) in [6.07, 6.45) is 3.82. The molecule has 1 aliphatic rings. The Labute approximate surface area is 172 Å². The van der Waals surface area contributed by atoms with Gasteiger partial charge in [0.25, 0.3) is 0 Å². The number of hydrogen-bond acceptors (Lipinski definition) is 5. The van der Waals surface area contributed by atoms with Gasteiger partial charge in [0.15, 0.2) is 22.7 Å². The predicted molar refractivity (Wildman–Crippen MR) is 107 cm³/mol. The van der Waals surface area contributed by atoms with E-state index in [1.807, 2.05) is 6.07 Å². The molecular formula is C22H21F2N3O3. The predicted octanol–water partition coefficient (Wildman–Crippen LogP) is 4.05. The highest BCUT2D eigenvalue weighted by Gasteiger charge is 2.22. The van der Waals surface area contributed by atoms with E-state index in [9.17, 15) is 13.6 Å². The SMILES string of the molecule is CC1CCC(c2cc(=O)c3c(C#N)nccc3[nH]2)CO1.COc1cccc(F)c1F. The summed E-state index contributed by atoms with van der Waals surface area (Å²) in [6.45, 7) is 2.68. The normalized spacial score (nSPS) is 18.2. The van der Waals surface area contributed by atoms with Gasteiger partial charge in [-0.1, -0.05) is 6.07 Å². The molecule has 0 radical (unpaired) electrons. The topological polar surface area (TPSA) is 88.0 Å². The van der Waals surface area contributed by atoms with Crippen molar-refractivity contribution in [2.75, 3.05) is 13.7 Å². The van der Waals surface area contributed by atoms with Gasteiger partial charge in [-0.05, 0) is 38.0 Å². The lowest BCUT2D eigenvalue weighted by Crippen LogP contribution is -2.24. The van der Waals surface area contributed by atoms with Crippen molar-refractivity contribution in [2.24, 2.45) is 0 Å². The smallest absolute Gasteiger partial charge is 0.200 e. The van der Waals surface area contributed by atoms with E-state index in [0.29, 0.717) is 17.5 Å². The molecule has 0 aliphatic carbocycles. The first-order valence-corrected chi connectivity index (χ1v) is 9.46. The lowest BCUT2D eigenvalue weighted by atomic mass is 9.95. The van der Waals surface area contributed by atoms with E-state index in [4.69, 9.17) is 10.00 Å². The van der Waals surface area contributed by atoms with Crippen LogP contribution in [0.3, 0.4) is 0 Å². The zero-order valence-corrected chi connectivity index (χ0v) is 16.6. The number of ether oxygens (including phenoxy) is 2. The number of nitriles is 1. The van der Waals surface area contributed by atoms with Crippen LogP contribution in [0.5, 0.6) is 5.75 Å². The maximum Gasteiger partial charge on any atom is 0.200 e. The Morgan fingerprint density at radius 2 is 2.10 bits per heavy atom. The first-order chi connectivity index (χ1) is 14.4. The largest absolute Gasteiger partial charge is 0.494 e. The highest BCUT2D eigenvalue weighted by Crippen LogP contribution is 2.27. The zero-order chi connectivity index (χ0) is 21.7. The summed E-state index contributed by atoms with van der Waals surface area (Å²) in [7, 11) is 1.29. The minimum atomic E-state index is -0.940. The molecule has 1 N–H and O–H groups in total. The van der Waals surface area contributed by atoms with Crippen molar-refractivity contribution < 1.29 is 18.3 Å². The number of fused-ring (bicyclic) bond motifs is 1. The number of methoxy groups -OCH3 is 1. The molecule has 8 heteroatoms. The van der Waals surface area contributed by atoms with Crippen molar-refractivity contribution in [2.45, 2.75) is 31.8 Å². The average molecular weight is 413 g/mol. The van der Waals surface area contributed by atoms with Crippen molar-refractivity contribution in [3.05, 3.63) is 69.8 Å². The second-order valence-electron chi connectivity index (χ2n) is 6.96. The number of halogens is 2. The fourth-order valence-electron chi connectivity index (χ4n) is 3.29. The average Bonchev–Trinajstić information content (AvgIpc) is 2.76. The molecular weight excluding hydrogens is 392 g/mol. The Morgan fingerprint density at radius 3 is 2.73 bits per heavy atom. The number of H-pyrrole nitrogens is 1. The molecule has 156 valence electrons. The van der Waals surface area contributed by atoms with Crippen molar-refractivity contribution in [3.8, 4) is 11.8 Å². The molecule has 3 heterocycles. The molecule has 30 heavy (non-hydrogen) atoms. The van der Waals surface area contributed by atoms with Crippen molar-refractivity contribution >= 4 is 10.9 Å². The van der Waals surface area contributed by atoms with Crippen LogP contribution in [0, 0.1) is 23.0 Å². The van der Waals surface area contributed by atoms with Gasteiger partial charge in [0, 0.05) is 23.9 Å². The molecule has 6 nitrogen and oxygen atoms in total. The molecule has 1 aliphatic heterocycles. The molecule has 1 fully saturated rings. The van der Waals surface area contributed by atoms with E-state index in [1.54, 1.807) is 18.3 Å². The number of pyridine rings is 2. The van der Waals surface area contributed by atoms with Crippen LogP contribution in [0.25, 0.3) is 10.9 Å². The third-order valence-electron chi connectivity index (χ3n) is 4.95. The minimum absolute atomic E-state index is 0.0694. The Kier molecular flexibility index (Phi) is 6.75. The fraction of sp³-hybridized carbons (Fsp3) is 0.318. The highest BCUT2D eigenvalue weighted by molar-refractivity contribution is 5.82. The van der Waals surface area contributed by atoms with Crippen LogP contribution < -0.4 is 10.2 Å². The molecule has 4 rings (SSSR count). The molecule has 1 saturated heterocycles. The minimum Gasteiger partial charge on any atom is -0.494 e. The maximum atomic E-state index is 12.5. The molecule has 0 amide bonds. The van der Waals surface area contributed by atoms with Gasteiger partial charge in [-0.3, -0.25) is 4.79 Å². The van der Waals surface area contributed by atoms with Crippen molar-refractivity contribution in [3.63, 3.8) is 0 Å². The summed E-state index contributed by atoms with van der Waals surface area (Å²) in [5, 5.41) is 9.39. The summed E-state index contributed by atoms with van der Waals surface area (Å²) in [5.41, 5.74) is 1.56. The lowest BCUT2D eigenvalue weighted by Gasteiger charge is -2.26. The van der Waals surface area contributed by atoms with E-state index in [-0.39, 0.29) is 28.9 Å². The summed E-state index contributed by atoms with van der Waals surface area (Å²) in [6, 6.07) is 9.05. The molecule has 2 aromatic heterocycles. The maximum absolute atomic E-state index is 12.5. The van der Waals surface area contributed by atoms with Gasteiger partial charge < -0.3 is 14.5 Å². The molecule has 0 bridgehead atoms. The first kappa shape index (κ1) is 21.4. The molecule has 0 saturated carbocycles. The van der Waals surface area contributed by atoms with Crippen LogP contribution in [-0.4, -0.2) is 29.8 Å². The quantitative estimate of drug-likeness (QED) is 0.685. The number of benzene rings is 1. The van der Waals surface area contributed by atoms with E-state index in [1.165, 1.54) is 19.2 Å². The molecule has 1 aromatic carbocycles. The van der Waals surface area contributed by atoms with E-state index in [2.05, 4.69) is 21.6 Å². The van der Waals surface area contributed by atoms with Gasteiger partial charge >= 0.3 is 0 Å². The number of aromatic nitrogens is 2. The summed E-state index contributed by atoms with van der Waals surface area (Å²) in [5.74, 6) is -1.69. The van der Waals surface area contributed by atoms with E-state index in [0.717, 1.165) is 24.6 Å². The van der Waals surface area contributed by atoms with Crippen LogP contribution in [-0.2, 0) is 4.74 Å². The number of rotatable bonds is 2. The van der Waals surface area contributed by atoms with Gasteiger partial charge in [0.2, 0.25) is 5.82 Å². The number of aromatic amines is 1. The summed E-state index contributed by atoms with van der Waals surface area (Å²) in [4.78, 5) is 19.4. The number of hydrogen-bond donors (Lipinski definition) is 1. The van der Waals surface area contributed by atoms with Gasteiger partial charge in [-0.2, -0.15) is 9.65 Å². The number of nitrogens with one attached hydrogen (secondary N) is 1. The van der Waals surface area contributed by atoms with Crippen molar-refractivity contribution in [1.82, 2.24) is 9.97 Å². The standard InChI is InChI=1S/C15H15N3O2.C7H6F2O/c1-9-2-3-10(8-20-9)12-6-14(19)15-11(18-12)4-5-17-13(15)7-16;1-10-6-4-2-3-5(8)7(6)9/h4-6,9-10H,2-3,8H2,1H3,(H,18,19);2-4H,1H3. The fourth-order valence-corrected chi connectivity index (χ4v) is 3.29. The number of nitrogens with zero attached hydrogens (tertiary/aromatic N) is 2. The third kappa shape index (κ3) is 4.63. The summed E-state index contributed by atoms with van der Waals surface area (Å²) >= 11 is 0. The van der Waals surface area contributed by atoms with E-state index >= 15 is 0 Å². The Balaban J connectivity index is 0.000000216. The highest BCUT2D eigenvalue weighted by atomic mass is 19.2. The summed E-state index contributed by atoms with van der Waals surface area (Å²) < 4.78 is 35.0. The molecule has 3 aromatic rings. The van der Waals surface area contributed by atoms with Gasteiger partial charge in [0.1, 0.15) is 6.07 Å². The Morgan fingerprint density at radius 1 is 1.30 bits per heavy atom. The van der Waals surface area contributed by atoms with Crippen LogP contribution in [0.2, 0.25) is 0 Å². The molecule has 0 spiro atoms. The van der Waals surface area contributed by atoms with Crippen LogP contribution in [0.15, 0.2) is 41.3 Å². The zero-order valence-electron chi connectivity index (χ0n) is 16.6. The lowest BCUT2D eigenvalue weighted by molar-refractivity contribution is 0.0147. The van der Waals surface area contributed by atoms with Crippen LogP contribution in [0.4, 0.5) is 8.78 Å². The van der Waals surface area contributed by atoms with Gasteiger partial charge in [-0.25, -0.2) is 9.37 Å². The molecule has 2 unspecified atom stereocenters.